The average molecular weight is 420 g/mol. The van der Waals surface area contributed by atoms with Gasteiger partial charge < -0.3 is 10.3 Å². The molecule has 1 fully saturated rings. The van der Waals surface area contributed by atoms with E-state index >= 15 is 0 Å². The smallest absolute Gasteiger partial charge is 0.252 e. The van der Waals surface area contributed by atoms with E-state index in [1.807, 2.05) is 0 Å². The van der Waals surface area contributed by atoms with E-state index < -0.39 is 15.6 Å². The number of aromatic nitrogens is 1. The van der Waals surface area contributed by atoms with Crippen LogP contribution in [0.25, 0.3) is 10.9 Å². The molecule has 29 heavy (non-hydrogen) atoms. The van der Waals surface area contributed by atoms with E-state index in [0.717, 1.165) is 32.1 Å². The lowest BCUT2D eigenvalue weighted by Crippen LogP contribution is -2.32. The van der Waals surface area contributed by atoms with E-state index in [2.05, 4.69) is 24.1 Å². The minimum Gasteiger partial charge on any atom is -0.352 e. The highest BCUT2D eigenvalue weighted by atomic mass is 32.2. The van der Waals surface area contributed by atoms with Crippen LogP contribution in [0.1, 0.15) is 56.3 Å². The van der Waals surface area contributed by atoms with Crippen molar-refractivity contribution in [2.24, 2.45) is 5.92 Å². The maximum Gasteiger partial charge on any atom is 0.252 e. The van der Waals surface area contributed by atoms with E-state index in [1.165, 1.54) is 22.5 Å². The molecule has 0 radical (unpaired) electrons. The Morgan fingerprint density at radius 3 is 2.48 bits per heavy atom. The maximum atomic E-state index is 13.1. The first-order valence-electron chi connectivity index (χ1n) is 10.2. The Labute approximate surface area is 171 Å². The van der Waals surface area contributed by atoms with Gasteiger partial charge in [0.2, 0.25) is 15.6 Å². The number of aromatic amines is 1. The van der Waals surface area contributed by atoms with Crippen LogP contribution in [0, 0.1) is 5.92 Å². The van der Waals surface area contributed by atoms with Gasteiger partial charge in [-0.1, -0.05) is 26.7 Å². The Hall–Kier alpha value is -2.19. The van der Waals surface area contributed by atoms with Crippen LogP contribution < -0.4 is 10.9 Å². The monoisotopic (exact) mass is 419 g/mol. The zero-order chi connectivity index (χ0) is 21.0. The lowest BCUT2D eigenvalue weighted by atomic mass is 10.1. The Morgan fingerprint density at radius 2 is 1.83 bits per heavy atom. The number of hydrogen-bond donors (Lipinski definition) is 2. The van der Waals surface area contributed by atoms with E-state index in [9.17, 15) is 18.0 Å². The van der Waals surface area contributed by atoms with Gasteiger partial charge in [0.15, 0.2) is 0 Å². The number of benzene rings is 1. The molecule has 3 rings (SSSR count). The maximum absolute atomic E-state index is 13.1. The van der Waals surface area contributed by atoms with Crippen LogP contribution in [0.4, 0.5) is 0 Å². The molecule has 1 aromatic heterocycles. The Balaban J connectivity index is 1.98. The molecule has 2 aromatic rings. The highest BCUT2D eigenvalue weighted by molar-refractivity contribution is 7.89. The molecule has 1 saturated heterocycles. The SMILES string of the molecule is CC(C)CCNC(=O)c1cc(=O)[nH]c2ccc(S(=O)(=O)N3CCCCCC3)cc12. The Morgan fingerprint density at radius 1 is 1.14 bits per heavy atom. The lowest BCUT2D eigenvalue weighted by Gasteiger charge is -2.20. The highest BCUT2D eigenvalue weighted by Crippen LogP contribution is 2.24. The second kappa shape index (κ2) is 9.09. The fourth-order valence-corrected chi connectivity index (χ4v) is 5.13. The fraction of sp³-hybridized carbons (Fsp3) is 0.524. The van der Waals surface area contributed by atoms with Crippen molar-refractivity contribution in [2.75, 3.05) is 19.6 Å². The van der Waals surface area contributed by atoms with E-state index in [0.29, 0.717) is 36.5 Å². The third-order valence-corrected chi connectivity index (χ3v) is 7.16. The zero-order valence-electron chi connectivity index (χ0n) is 17.0. The topological polar surface area (TPSA) is 99.3 Å². The van der Waals surface area contributed by atoms with Gasteiger partial charge in [0.05, 0.1) is 10.5 Å². The highest BCUT2D eigenvalue weighted by Gasteiger charge is 2.26. The standard InChI is InChI=1S/C21H29N3O4S/c1-15(2)9-10-22-21(26)18-14-20(25)23-19-8-7-16(13-17(18)19)29(27,28)24-11-5-3-4-6-12-24/h7-8,13-15H,3-6,9-12H2,1-2H3,(H,22,26)(H,23,25). The van der Waals surface area contributed by atoms with Crippen LogP contribution in [0.15, 0.2) is 34.0 Å². The molecule has 7 nitrogen and oxygen atoms in total. The first kappa shape index (κ1) is 21.5. The van der Waals surface area contributed by atoms with Crippen molar-refractivity contribution in [1.29, 1.82) is 0 Å². The molecular weight excluding hydrogens is 390 g/mol. The lowest BCUT2D eigenvalue weighted by molar-refractivity contribution is 0.0953. The fourth-order valence-electron chi connectivity index (χ4n) is 3.58. The number of amides is 1. The summed E-state index contributed by atoms with van der Waals surface area (Å²) in [5.74, 6) is 0.0719. The largest absolute Gasteiger partial charge is 0.352 e. The molecule has 1 aliphatic heterocycles. The molecule has 0 bridgehead atoms. The summed E-state index contributed by atoms with van der Waals surface area (Å²) in [5.41, 5.74) is 0.247. The number of hydrogen-bond acceptors (Lipinski definition) is 4. The quantitative estimate of drug-likeness (QED) is 0.752. The van der Waals surface area contributed by atoms with Gasteiger partial charge in [0.25, 0.3) is 5.91 Å². The van der Waals surface area contributed by atoms with Gasteiger partial charge in [-0.3, -0.25) is 9.59 Å². The van der Waals surface area contributed by atoms with Gasteiger partial charge in [0, 0.05) is 36.6 Å². The van der Waals surface area contributed by atoms with Gasteiger partial charge in [-0.15, -0.1) is 0 Å². The number of fused-ring (bicyclic) bond motifs is 1. The molecule has 0 spiro atoms. The number of carbonyl (C=O) groups excluding carboxylic acids is 1. The minimum absolute atomic E-state index is 0.148. The van der Waals surface area contributed by atoms with Crippen molar-refractivity contribution >= 4 is 26.8 Å². The third-order valence-electron chi connectivity index (χ3n) is 5.27. The predicted molar refractivity (Wildman–Crippen MR) is 114 cm³/mol. The Bertz CT molecular complexity index is 1040. The molecule has 0 aliphatic carbocycles. The van der Waals surface area contributed by atoms with Crippen LogP contribution in [-0.2, 0) is 10.0 Å². The first-order valence-corrected chi connectivity index (χ1v) is 11.7. The summed E-state index contributed by atoms with van der Waals surface area (Å²) in [5, 5.41) is 3.26. The first-order chi connectivity index (χ1) is 13.8. The number of rotatable bonds is 6. The number of pyridine rings is 1. The molecule has 8 heteroatoms. The average Bonchev–Trinajstić information content (AvgIpc) is 2.96. The van der Waals surface area contributed by atoms with Crippen LogP contribution in [0.3, 0.4) is 0 Å². The van der Waals surface area contributed by atoms with Crippen LogP contribution in [0.5, 0.6) is 0 Å². The summed E-state index contributed by atoms with van der Waals surface area (Å²) in [6, 6.07) is 5.80. The summed E-state index contributed by atoms with van der Waals surface area (Å²) in [6.07, 6.45) is 4.59. The van der Waals surface area contributed by atoms with Gasteiger partial charge in [0.1, 0.15) is 0 Å². The predicted octanol–water partition coefficient (Wildman–Crippen LogP) is 2.87. The number of sulfonamides is 1. The molecular formula is C21H29N3O4S. The molecule has 1 amide bonds. The van der Waals surface area contributed by atoms with Crippen LogP contribution in [0.2, 0.25) is 0 Å². The Kier molecular flexibility index (Phi) is 6.74. The molecule has 0 atom stereocenters. The van der Waals surface area contributed by atoms with Gasteiger partial charge in [-0.05, 0) is 43.4 Å². The number of carbonyl (C=O) groups is 1. The van der Waals surface area contributed by atoms with Gasteiger partial charge >= 0.3 is 0 Å². The normalized spacial score (nSPS) is 16.1. The minimum atomic E-state index is -3.65. The van der Waals surface area contributed by atoms with Crippen molar-refractivity contribution in [3.63, 3.8) is 0 Å². The summed E-state index contributed by atoms with van der Waals surface area (Å²) < 4.78 is 27.8. The van der Waals surface area contributed by atoms with Crippen LogP contribution in [-0.4, -0.2) is 43.2 Å². The number of H-pyrrole nitrogens is 1. The van der Waals surface area contributed by atoms with E-state index in [1.54, 1.807) is 6.07 Å². The number of nitrogens with zero attached hydrogens (tertiary/aromatic N) is 1. The van der Waals surface area contributed by atoms with Crippen LogP contribution >= 0.6 is 0 Å². The number of nitrogens with one attached hydrogen (secondary N) is 2. The third kappa shape index (κ3) is 5.05. The van der Waals surface area contributed by atoms with Crippen molar-refractivity contribution < 1.29 is 13.2 Å². The van der Waals surface area contributed by atoms with Gasteiger partial charge in [-0.2, -0.15) is 4.31 Å². The van der Waals surface area contributed by atoms with E-state index in [4.69, 9.17) is 0 Å². The van der Waals surface area contributed by atoms with Gasteiger partial charge in [-0.25, -0.2) is 8.42 Å². The second-order valence-electron chi connectivity index (χ2n) is 8.01. The molecule has 158 valence electrons. The van der Waals surface area contributed by atoms with Crippen molar-refractivity contribution in [3.8, 4) is 0 Å². The van der Waals surface area contributed by atoms with Crippen molar-refractivity contribution in [2.45, 2.75) is 50.8 Å². The van der Waals surface area contributed by atoms with Crippen molar-refractivity contribution in [1.82, 2.24) is 14.6 Å². The summed E-state index contributed by atoms with van der Waals surface area (Å²) in [7, 11) is -3.65. The molecule has 1 aromatic carbocycles. The molecule has 2 heterocycles. The summed E-state index contributed by atoms with van der Waals surface area (Å²) >= 11 is 0. The molecule has 1 aliphatic rings. The molecule has 2 N–H and O–H groups in total. The second-order valence-corrected chi connectivity index (χ2v) is 9.95. The van der Waals surface area contributed by atoms with Crippen molar-refractivity contribution in [3.05, 3.63) is 40.2 Å². The molecule has 0 unspecified atom stereocenters. The summed E-state index contributed by atoms with van der Waals surface area (Å²) in [6.45, 7) is 5.64. The molecule has 0 saturated carbocycles. The van der Waals surface area contributed by atoms with E-state index in [-0.39, 0.29) is 16.4 Å². The summed E-state index contributed by atoms with van der Waals surface area (Å²) in [4.78, 5) is 27.5. The zero-order valence-corrected chi connectivity index (χ0v) is 17.8.